The van der Waals surface area contributed by atoms with Gasteiger partial charge in [-0.25, -0.2) is 9.36 Å². The minimum absolute atomic E-state index is 0.146. The Balaban J connectivity index is 3.84. The maximum absolute atomic E-state index is 12.1. The van der Waals surface area contributed by atoms with Crippen molar-refractivity contribution in [1.82, 2.24) is 5.32 Å². The van der Waals surface area contributed by atoms with Gasteiger partial charge in [0.05, 0.1) is 13.2 Å². The summed E-state index contributed by atoms with van der Waals surface area (Å²) in [4.78, 5) is 45.3. The van der Waals surface area contributed by atoms with Crippen LogP contribution >= 0.6 is 7.82 Å². The maximum atomic E-state index is 12.1. The molecular weight excluding hydrogens is 625 g/mol. The van der Waals surface area contributed by atoms with E-state index in [1.165, 1.54) is 83.5 Å². The largest absolute Gasteiger partial charge is 0.480 e. The number of rotatable bonds is 35. The maximum Gasteiger partial charge on any atom is 0.472 e. The number of carboxylic acids is 1. The van der Waals surface area contributed by atoms with E-state index in [-0.39, 0.29) is 12.8 Å². The summed E-state index contributed by atoms with van der Waals surface area (Å²) in [5.74, 6) is -2.38. The van der Waals surface area contributed by atoms with Gasteiger partial charge in [0, 0.05) is 12.8 Å². The first-order valence-corrected chi connectivity index (χ1v) is 20.1. The highest BCUT2D eigenvalue weighted by Crippen LogP contribution is 2.43. The molecule has 0 saturated carbocycles. The molecule has 0 rings (SSSR count). The Kier molecular flexibility index (Phi) is 30.7. The van der Waals surface area contributed by atoms with E-state index in [0.717, 1.165) is 51.4 Å². The fraction of sp³-hybridized carbons (Fsp3) is 0.914. The molecule has 0 aliphatic rings. The second-order valence-electron chi connectivity index (χ2n) is 12.8. The van der Waals surface area contributed by atoms with Crippen molar-refractivity contribution in [2.24, 2.45) is 0 Å². The van der Waals surface area contributed by atoms with Crippen LogP contribution in [-0.4, -0.2) is 64.9 Å². The molecule has 0 aromatic rings. The molecule has 0 bridgehead atoms. The van der Waals surface area contributed by atoms with E-state index in [2.05, 4.69) is 19.2 Å². The van der Waals surface area contributed by atoms with Gasteiger partial charge in [-0.1, -0.05) is 149 Å². The predicted octanol–water partition coefficient (Wildman–Crippen LogP) is 8.39. The molecule has 0 fully saturated rings. The molecule has 47 heavy (non-hydrogen) atoms. The predicted molar refractivity (Wildman–Crippen MR) is 185 cm³/mol. The standard InChI is InChI=1S/C35H68NO10P/c1-3-5-7-9-11-12-13-14-15-16-17-18-19-20-21-23-25-27-34(39)44-28-31(37)29-45-47(42,43)46-30-32(35(40)41)36-33(38)26-24-22-10-8-6-4-2/h31-32,37H,3-30H2,1-2H3,(H,36,38)(H,40,41)(H,42,43). The third kappa shape index (κ3) is 31.5. The summed E-state index contributed by atoms with van der Waals surface area (Å²) in [5, 5.41) is 21.6. The number of esters is 1. The van der Waals surface area contributed by atoms with Gasteiger partial charge in [0.25, 0.3) is 0 Å². The van der Waals surface area contributed by atoms with E-state index in [1.54, 1.807) is 0 Å². The molecule has 278 valence electrons. The molecule has 0 aliphatic heterocycles. The Morgan fingerprint density at radius 2 is 0.979 bits per heavy atom. The van der Waals surface area contributed by atoms with Crippen molar-refractivity contribution in [3.8, 4) is 0 Å². The third-order valence-corrected chi connectivity index (χ3v) is 9.10. The number of unbranched alkanes of at least 4 members (excludes halogenated alkanes) is 21. The zero-order valence-electron chi connectivity index (χ0n) is 29.6. The van der Waals surface area contributed by atoms with Crippen molar-refractivity contribution in [2.45, 2.75) is 187 Å². The number of aliphatic hydroxyl groups is 1. The lowest BCUT2D eigenvalue weighted by Crippen LogP contribution is -2.43. The Morgan fingerprint density at radius 3 is 1.40 bits per heavy atom. The first-order valence-electron chi connectivity index (χ1n) is 18.6. The molecule has 0 aliphatic carbocycles. The number of amides is 1. The number of ether oxygens (including phenoxy) is 1. The lowest BCUT2D eigenvalue weighted by Gasteiger charge is -2.18. The minimum atomic E-state index is -4.73. The molecule has 0 saturated heterocycles. The van der Waals surface area contributed by atoms with Crippen LogP contribution < -0.4 is 5.32 Å². The highest BCUT2D eigenvalue weighted by molar-refractivity contribution is 7.47. The number of hydrogen-bond acceptors (Lipinski definition) is 8. The number of carbonyl (C=O) groups excluding carboxylic acids is 2. The van der Waals surface area contributed by atoms with Crippen LogP contribution in [0.15, 0.2) is 0 Å². The monoisotopic (exact) mass is 693 g/mol. The molecule has 3 unspecified atom stereocenters. The van der Waals surface area contributed by atoms with Crippen molar-refractivity contribution in [1.29, 1.82) is 0 Å². The Morgan fingerprint density at radius 1 is 0.596 bits per heavy atom. The number of phosphoric ester groups is 1. The molecule has 0 heterocycles. The smallest absolute Gasteiger partial charge is 0.472 e. The van der Waals surface area contributed by atoms with Crippen molar-refractivity contribution in [2.75, 3.05) is 19.8 Å². The van der Waals surface area contributed by atoms with Gasteiger partial charge in [0.1, 0.15) is 12.7 Å². The molecule has 1 amide bonds. The number of aliphatic hydroxyl groups excluding tert-OH is 1. The molecule has 3 atom stereocenters. The quantitative estimate of drug-likeness (QED) is 0.0287. The van der Waals surface area contributed by atoms with Gasteiger partial charge in [0.2, 0.25) is 5.91 Å². The Labute approximate surface area is 284 Å². The van der Waals surface area contributed by atoms with Crippen molar-refractivity contribution < 1.29 is 47.8 Å². The first kappa shape index (κ1) is 45.5. The molecular formula is C35H68NO10P. The van der Waals surface area contributed by atoms with Crippen LogP contribution in [0.1, 0.15) is 174 Å². The van der Waals surface area contributed by atoms with Crippen LogP contribution in [0, 0.1) is 0 Å². The Hall–Kier alpha value is -1.52. The van der Waals surface area contributed by atoms with Crippen molar-refractivity contribution >= 4 is 25.7 Å². The summed E-state index contributed by atoms with van der Waals surface area (Å²) in [6.45, 7) is 2.49. The van der Waals surface area contributed by atoms with Crippen LogP contribution in [0.25, 0.3) is 0 Å². The van der Waals surface area contributed by atoms with E-state index >= 15 is 0 Å². The zero-order valence-corrected chi connectivity index (χ0v) is 30.5. The second kappa shape index (κ2) is 31.7. The number of carboxylic acid groups (broad SMARTS) is 1. The molecule has 0 aromatic heterocycles. The lowest BCUT2D eigenvalue weighted by molar-refractivity contribution is -0.147. The van der Waals surface area contributed by atoms with Crippen molar-refractivity contribution in [3.05, 3.63) is 0 Å². The summed E-state index contributed by atoms with van der Waals surface area (Å²) in [7, 11) is -4.73. The normalized spacial score (nSPS) is 14.0. The molecule has 4 N–H and O–H groups in total. The second-order valence-corrected chi connectivity index (χ2v) is 14.2. The van der Waals surface area contributed by atoms with Crippen LogP contribution in [0.4, 0.5) is 0 Å². The van der Waals surface area contributed by atoms with Gasteiger partial charge in [0.15, 0.2) is 6.04 Å². The van der Waals surface area contributed by atoms with E-state index in [4.69, 9.17) is 13.8 Å². The summed E-state index contributed by atoms with van der Waals surface area (Å²) in [6, 6.07) is -1.54. The third-order valence-electron chi connectivity index (χ3n) is 8.15. The van der Waals surface area contributed by atoms with Gasteiger partial charge in [-0.05, 0) is 12.8 Å². The van der Waals surface area contributed by atoms with Crippen molar-refractivity contribution in [3.63, 3.8) is 0 Å². The van der Waals surface area contributed by atoms with E-state index in [9.17, 15) is 34.1 Å². The van der Waals surface area contributed by atoms with Crippen LogP contribution in [0.2, 0.25) is 0 Å². The van der Waals surface area contributed by atoms with Gasteiger partial charge >= 0.3 is 19.8 Å². The van der Waals surface area contributed by atoms with E-state index in [0.29, 0.717) is 12.8 Å². The zero-order chi connectivity index (χ0) is 35.0. The lowest BCUT2D eigenvalue weighted by atomic mass is 10.0. The average molecular weight is 694 g/mol. The summed E-state index contributed by atoms with van der Waals surface area (Å²) < 4.78 is 26.6. The molecule has 0 spiro atoms. The molecule has 11 nitrogen and oxygen atoms in total. The van der Waals surface area contributed by atoms with Gasteiger partial charge < -0.3 is 25.2 Å². The first-order chi connectivity index (χ1) is 22.6. The highest BCUT2D eigenvalue weighted by atomic mass is 31.2. The fourth-order valence-corrected chi connectivity index (χ4v) is 5.97. The van der Waals surface area contributed by atoms with Gasteiger partial charge in [-0.15, -0.1) is 0 Å². The summed E-state index contributed by atoms with van der Waals surface area (Å²) in [6.07, 6.45) is 26.1. The molecule has 0 radical (unpaired) electrons. The fourth-order valence-electron chi connectivity index (χ4n) is 5.20. The highest BCUT2D eigenvalue weighted by Gasteiger charge is 2.28. The number of aliphatic carboxylic acids is 1. The van der Waals surface area contributed by atoms with E-state index in [1.807, 2.05) is 0 Å². The van der Waals surface area contributed by atoms with Gasteiger partial charge in [-0.3, -0.25) is 18.6 Å². The summed E-state index contributed by atoms with van der Waals surface area (Å²) >= 11 is 0. The van der Waals surface area contributed by atoms with E-state index < -0.39 is 57.6 Å². The number of phosphoric acid groups is 1. The van der Waals surface area contributed by atoms with Crippen LogP contribution in [-0.2, 0) is 32.7 Å². The number of nitrogens with one attached hydrogen (secondary N) is 1. The summed E-state index contributed by atoms with van der Waals surface area (Å²) in [5.41, 5.74) is 0. The van der Waals surface area contributed by atoms with Gasteiger partial charge in [-0.2, -0.15) is 0 Å². The van der Waals surface area contributed by atoms with Crippen LogP contribution in [0.3, 0.4) is 0 Å². The number of hydrogen-bond donors (Lipinski definition) is 4. The Bertz CT molecular complexity index is 828. The number of carbonyl (C=O) groups is 3. The molecule has 0 aromatic carbocycles. The van der Waals surface area contributed by atoms with Crippen LogP contribution in [0.5, 0.6) is 0 Å². The topological polar surface area (TPSA) is 169 Å². The SMILES string of the molecule is CCCCCCCCCCCCCCCCCCCC(=O)OCC(O)COP(=O)(O)OCC(NC(=O)CCCCCCCC)C(=O)O. The minimum Gasteiger partial charge on any atom is -0.480 e. The average Bonchev–Trinajstić information content (AvgIpc) is 3.04. The molecule has 12 heteroatoms.